The summed E-state index contributed by atoms with van der Waals surface area (Å²) in [5.41, 5.74) is 0.779. The first-order valence-electron chi connectivity index (χ1n) is 10.7. The van der Waals surface area contributed by atoms with Gasteiger partial charge in [-0.3, -0.25) is 4.79 Å². The number of phenols is 3. The molecule has 0 radical (unpaired) electrons. The first kappa shape index (κ1) is 22.6. The predicted molar refractivity (Wildman–Crippen MR) is 119 cm³/mol. The van der Waals surface area contributed by atoms with Crippen LogP contribution in [0.1, 0.15) is 33.7 Å². The molecule has 0 saturated heterocycles. The highest BCUT2D eigenvalue weighted by Crippen LogP contribution is 2.45. The number of aliphatic hydroxyl groups excluding tert-OH is 2. The van der Waals surface area contributed by atoms with E-state index in [1.807, 2.05) is 0 Å². The van der Waals surface area contributed by atoms with Crippen LogP contribution in [0, 0.1) is 0 Å². The van der Waals surface area contributed by atoms with E-state index in [2.05, 4.69) is 0 Å². The summed E-state index contributed by atoms with van der Waals surface area (Å²) in [6.45, 7) is -0.384. The van der Waals surface area contributed by atoms with Crippen LogP contribution in [0.4, 0.5) is 0 Å². The molecule has 0 amide bonds. The molecule has 5 rings (SSSR count). The Morgan fingerprint density at radius 3 is 2.29 bits per heavy atom. The highest BCUT2D eigenvalue weighted by atomic mass is 16.6. The second-order valence-electron chi connectivity index (χ2n) is 8.20. The van der Waals surface area contributed by atoms with Crippen LogP contribution < -0.4 is 18.9 Å². The molecule has 3 aromatic rings. The minimum absolute atomic E-state index is 0.0395. The molecule has 10 heteroatoms. The summed E-state index contributed by atoms with van der Waals surface area (Å²) < 4.78 is 23.0. The van der Waals surface area contributed by atoms with Gasteiger partial charge in [0, 0.05) is 17.7 Å². The van der Waals surface area contributed by atoms with Crippen LogP contribution in [0.15, 0.2) is 48.5 Å². The summed E-state index contributed by atoms with van der Waals surface area (Å²) in [5, 5.41) is 50.2. The van der Waals surface area contributed by atoms with Crippen molar-refractivity contribution in [2.45, 2.75) is 24.4 Å². The van der Waals surface area contributed by atoms with Gasteiger partial charge in [0.15, 0.2) is 47.4 Å². The van der Waals surface area contributed by atoms with Crippen LogP contribution in [0.25, 0.3) is 0 Å². The summed E-state index contributed by atoms with van der Waals surface area (Å²) in [6.07, 6.45) is -4.27. The van der Waals surface area contributed by atoms with Gasteiger partial charge >= 0.3 is 0 Å². The molecule has 0 fully saturated rings. The Balaban J connectivity index is 1.46. The van der Waals surface area contributed by atoms with Crippen LogP contribution in [-0.4, -0.2) is 57.2 Å². The first-order valence-corrected chi connectivity index (χ1v) is 10.7. The molecule has 35 heavy (non-hydrogen) atoms. The molecule has 2 heterocycles. The zero-order valence-electron chi connectivity index (χ0n) is 18.4. The lowest BCUT2D eigenvalue weighted by atomic mass is 9.92. The summed E-state index contributed by atoms with van der Waals surface area (Å²) in [4.78, 5) is 12.7. The minimum Gasteiger partial charge on any atom is -0.508 e. The SMILES string of the molecule is COc1cc([C@H]2Oc3ccc([C@H]4Oc5cc(O)cc(O)c5C(=O)[C@H]4O)cc3OC2CO)ccc1O. The number of aliphatic hydroxyl groups is 2. The average molecular weight is 482 g/mol. The fourth-order valence-electron chi connectivity index (χ4n) is 4.28. The fraction of sp³-hybridized carbons (Fsp3) is 0.240. The molecule has 1 unspecified atom stereocenters. The number of Topliss-reactive ketones (excluding diaryl/α,β-unsaturated/α-hetero) is 1. The Bertz CT molecular complexity index is 1300. The Morgan fingerprint density at radius 1 is 0.829 bits per heavy atom. The molecular weight excluding hydrogens is 460 g/mol. The highest BCUT2D eigenvalue weighted by molar-refractivity contribution is 6.05. The zero-order chi connectivity index (χ0) is 24.9. The molecule has 0 aliphatic carbocycles. The molecular formula is C25H22O10. The van der Waals surface area contributed by atoms with E-state index in [4.69, 9.17) is 18.9 Å². The number of ether oxygens (including phenoxy) is 4. The Morgan fingerprint density at radius 2 is 1.54 bits per heavy atom. The third kappa shape index (κ3) is 3.82. The Hall–Kier alpha value is -4.15. The number of ketones is 1. The predicted octanol–water partition coefficient (Wildman–Crippen LogP) is 2.36. The molecule has 2 aliphatic rings. The number of hydrogen-bond donors (Lipinski definition) is 5. The van der Waals surface area contributed by atoms with E-state index in [9.17, 15) is 30.3 Å². The van der Waals surface area contributed by atoms with E-state index in [1.54, 1.807) is 24.3 Å². The van der Waals surface area contributed by atoms with Gasteiger partial charge in [-0.25, -0.2) is 0 Å². The molecule has 0 saturated carbocycles. The number of methoxy groups -OCH3 is 1. The molecule has 0 aromatic heterocycles. The number of fused-ring (bicyclic) bond motifs is 2. The van der Waals surface area contributed by atoms with Gasteiger partial charge in [-0.15, -0.1) is 0 Å². The molecule has 5 N–H and O–H groups in total. The van der Waals surface area contributed by atoms with Crippen molar-refractivity contribution in [3.8, 4) is 40.2 Å². The number of carbonyl (C=O) groups is 1. The van der Waals surface area contributed by atoms with Gasteiger partial charge in [0.2, 0.25) is 5.78 Å². The molecule has 10 nitrogen and oxygen atoms in total. The maximum atomic E-state index is 12.7. The number of benzene rings is 3. The van der Waals surface area contributed by atoms with Crippen molar-refractivity contribution >= 4 is 5.78 Å². The normalized spacial score (nSPS) is 22.8. The monoisotopic (exact) mass is 482 g/mol. The van der Waals surface area contributed by atoms with Crippen molar-refractivity contribution in [2.24, 2.45) is 0 Å². The van der Waals surface area contributed by atoms with E-state index >= 15 is 0 Å². The molecule has 182 valence electrons. The van der Waals surface area contributed by atoms with Gasteiger partial charge in [0.05, 0.1) is 13.7 Å². The van der Waals surface area contributed by atoms with Gasteiger partial charge < -0.3 is 44.5 Å². The smallest absolute Gasteiger partial charge is 0.202 e. The zero-order valence-corrected chi connectivity index (χ0v) is 18.4. The van der Waals surface area contributed by atoms with Gasteiger partial charge in [-0.2, -0.15) is 0 Å². The lowest BCUT2D eigenvalue weighted by molar-refractivity contribution is -0.0130. The third-order valence-corrected chi connectivity index (χ3v) is 6.00. The van der Waals surface area contributed by atoms with Crippen molar-refractivity contribution in [2.75, 3.05) is 13.7 Å². The third-order valence-electron chi connectivity index (χ3n) is 6.00. The minimum atomic E-state index is -1.62. The van der Waals surface area contributed by atoms with E-state index in [1.165, 1.54) is 25.3 Å². The fourth-order valence-corrected chi connectivity index (χ4v) is 4.28. The van der Waals surface area contributed by atoms with E-state index in [0.29, 0.717) is 16.9 Å². The van der Waals surface area contributed by atoms with Gasteiger partial charge in [-0.1, -0.05) is 12.1 Å². The highest BCUT2D eigenvalue weighted by Gasteiger charge is 2.40. The molecule has 0 spiro atoms. The number of carbonyl (C=O) groups excluding carboxylic acids is 1. The Labute approximate surface area is 199 Å². The molecule has 3 aromatic carbocycles. The summed E-state index contributed by atoms with van der Waals surface area (Å²) in [7, 11) is 1.42. The summed E-state index contributed by atoms with van der Waals surface area (Å²) in [6, 6.07) is 11.6. The van der Waals surface area contributed by atoms with E-state index in [0.717, 1.165) is 6.07 Å². The van der Waals surface area contributed by atoms with Crippen molar-refractivity contribution in [3.05, 3.63) is 65.2 Å². The molecule has 0 bridgehead atoms. The first-order chi connectivity index (χ1) is 16.8. The van der Waals surface area contributed by atoms with Crippen molar-refractivity contribution in [1.82, 2.24) is 0 Å². The van der Waals surface area contributed by atoms with Crippen molar-refractivity contribution in [3.63, 3.8) is 0 Å². The number of aromatic hydroxyl groups is 3. The summed E-state index contributed by atoms with van der Waals surface area (Å²) >= 11 is 0. The van der Waals surface area contributed by atoms with Gasteiger partial charge in [-0.05, 0) is 29.8 Å². The number of hydrogen-bond acceptors (Lipinski definition) is 10. The average Bonchev–Trinajstić information content (AvgIpc) is 2.85. The Kier molecular flexibility index (Phi) is 5.54. The topological polar surface area (TPSA) is 155 Å². The van der Waals surface area contributed by atoms with E-state index in [-0.39, 0.29) is 40.9 Å². The van der Waals surface area contributed by atoms with E-state index < -0.39 is 35.9 Å². The van der Waals surface area contributed by atoms with Crippen LogP contribution in [-0.2, 0) is 0 Å². The quantitative estimate of drug-likeness (QED) is 0.374. The number of rotatable bonds is 4. The maximum Gasteiger partial charge on any atom is 0.202 e. The van der Waals surface area contributed by atoms with Gasteiger partial charge in [0.1, 0.15) is 22.8 Å². The van der Waals surface area contributed by atoms with Crippen molar-refractivity contribution < 1.29 is 49.3 Å². The lowest BCUT2D eigenvalue weighted by Crippen LogP contribution is -2.37. The van der Waals surface area contributed by atoms with Crippen LogP contribution in [0.5, 0.6) is 40.2 Å². The maximum absolute atomic E-state index is 12.7. The summed E-state index contributed by atoms with van der Waals surface area (Å²) in [5.74, 6) is -0.789. The second-order valence-corrected chi connectivity index (χ2v) is 8.20. The van der Waals surface area contributed by atoms with Gasteiger partial charge in [0.25, 0.3) is 0 Å². The lowest BCUT2D eigenvalue weighted by Gasteiger charge is -2.35. The second kappa shape index (κ2) is 8.57. The van der Waals surface area contributed by atoms with Crippen LogP contribution >= 0.6 is 0 Å². The van der Waals surface area contributed by atoms with Crippen molar-refractivity contribution in [1.29, 1.82) is 0 Å². The largest absolute Gasteiger partial charge is 0.508 e. The standard InChI is InChI=1S/C25H22O10/c1-32-17-6-11(2-4-14(17)28)24-20(10-26)33-18-7-12(3-5-16(18)34-24)25-23(31)22(30)21-15(29)8-13(27)9-19(21)35-25/h2-9,20,23-29,31H,10H2,1H3/t20?,23-,24-,25-/m1/s1. The molecule has 4 atom stereocenters. The molecule has 2 aliphatic heterocycles. The number of phenolic OH excluding ortho intramolecular Hbond substituents is 3. The van der Waals surface area contributed by atoms with Crippen LogP contribution in [0.2, 0.25) is 0 Å². The van der Waals surface area contributed by atoms with Crippen LogP contribution in [0.3, 0.4) is 0 Å².